The van der Waals surface area contributed by atoms with Crippen LogP contribution in [0.5, 0.6) is 11.5 Å². The lowest BCUT2D eigenvalue weighted by Gasteiger charge is -2.27. The van der Waals surface area contributed by atoms with Crippen molar-refractivity contribution in [3.63, 3.8) is 0 Å². The average Bonchev–Trinajstić information content (AvgIpc) is 2.70. The van der Waals surface area contributed by atoms with Crippen LogP contribution in [0.25, 0.3) is 0 Å². The first kappa shape index (κ1) is 18.0. The van der Waals surface area contributed by atoms with Gasteiger partial charge in [-0.2, -0.15) is 5.26 Å². The minimum atomic E-state index is -1.37. The van der Waals surface area contributed by atoms with Gasteiger partial charge in [0.15, 0.2) is 0 Å². The molecule has 0 aliphatic heterocycles. The predicted octanol–water partition coefficient (Wildman–Crippen LogP) is 6.15. The Morgan fingerprint density at radius 2 is 1.15 bits per heavy atom. The molecule has 0 amide bonds. The Kier molecular flexibility index (Phi) is 6.25. The normalized spacial score (nSPS) is 12.8. The summed E-state index contributed by atoms with van der Waals surface area (Å²) in [5, 5.41) is 9.78. The summed E-state index contributed by atoms with van der Waals surface area (Å²) in [6.07, 6.45) is 0. The van der Waals surface area contributed by atoms with Gasteiger partial charge in [-0.1, -0.05) is 73.7 Å². The van der Waals surface area contributed by atoms with Gasteiger partial charge in [-0.15, -0.1) is 0 Å². The highest BCUT2D eigenvalue weighted by Gasteiger charge is 2.32. The van der Waals surface area contributed by atoms with Crippen LogP contribution in [0.3, 0.4) is 0 Å². The molecule has 0 heterocycles. The largest absolute Gasteiger partial charge is 0.438 e. The summed E-state index contributed by atoms with van der Waals surface area (Å²) in [7, 11) is -1.37. The Morgan fingerprint density at radius 1 is 0.731 bits per heavy atom. The molecule has 3 rings (SSSR count). The minimum Gasteiger partial charge on any atom is -0.438 e. The number of nitrogens with zero attached hydrogens (tertiary/aromatic N) is 1. The van der Waals surface area contributed by atoms with Crippen LogP contribution in [0.1, 0.15) is 18.4 Å². The third kappa shape index (κ3) is 4.63. The number of rotatable bonds is 7. The van der Waals surface area contributed by atoms with Crippen molar-refractivity contribution >= 4 is 8.38 Å². The summed E-state index contributed by atoms with van der Waals surface area (Å²) < 4.78 is 12.4. The third-order valence-electron chi connectivity index (χ3n) is 3.99. The molecule has 130 valence electrons. The molecule has 0 fully saturated rings. The molecule has 0 aromatic heterocycles. The van der Waals surface area contributed by atoms with Crippen molar-refractivity contribution in [2.45, 2.75) is 18.5 Å². The maximum absolute atomic E-state index is 9.78. The van der Waals surface area contributed by atoms with Crippen molar-refractivity contribution in [3.8, 4) is 17.6 Å². The Balaban J connectivity index is 1.87. The highest BCUT2D eigenvalue weighted by molar-refractivity contribution is 7.49. The van der Waals surface area contributed by atoms with E-state index in [1.807, 2.05) is 97.9 Å². The summed E-state index contributed by atoms with van der Waals surface area (Å²) in [6.45, 7) is 2.01. The molecule has 0 saturated carbocycles. The van der Waals surface area contributed by atoms with Crippen LogP contribution in [0.2, 0.25) is 0 Å². The molecule has 0 spiro atoms. The number of para-hydroxylation sites is 2. The smallest absolute Gasteiger partial charge is 0.295 e. The number of benzene rings is 3. The van der Waals surface area contributed by atoms with Crippen molar-refractivity contribution in [1.29, 1.82) is 5.26 Å². The minimum absolute atomic E-state index is 0.113. The Morgan fingerprint density at radius 3 is 1.58 bits per heavy atom. The van der Waals surface area contributed by atoms with E-state index in [2.05, 4.69) is 6.07 Å². The van der Waals surface area contributed by atoms with Crippen molar-refractivity contribution in [2.75, 3.05) is 0 Å². The third-order valence-corrected chi connectivity index (χ3v) is 5.73. The van der Waals surface area contributed by atoms with E-state index in [0.717, 1.165) is 17.1 Å². The van der Waals surface area contributed by atoms with E-state index >= 15 is 0 Å². The van der Waals surface area contributed by atoms with E-state index in [1.165, 1.54) is 0 Å². The molecule has 2 atom stereocenters. The van der Waals surface area contributed by atoms with Crippen molar-refractivity contribution in [1.82, 2.24) is 0 Å². The highest BCUT2D eigenvalue weighted by Crippen LogP contribution is 2.49. The molecule has 0 saturated heterocycles. The summed E-state index contributed by atoms with van der Waals surface area (Å²) in [5.74, 6) is 1.17. The van der Waals surface area contributed by atoms with Gasteiger partial charge in [0.05, 0.1) is 17.6 Å². The molecular weight excluding hydrogens is 341 g/mol. The molecule has 26 heavy (non-hydrogen) atoms. The van der Waals surface area contributed by atoms with Gasteiger partial charge >= 0.3 is 0 Å². The zero-order valence-corrected chi connectivity index (χ0v) is 15.4. The maximum atomic E-state index is 9.78. The van der Waals surface area contributed by atoms with E-state index in [9.17, 15) is 5.26 Å². The molecule has 0 N–H and O–H groups in total. The fourth-order valence-corrected chi connectivity index (χ4v) is 4.11. The van der Waals surface area contributed by atoms with Crippen LogP contribution in [0, 0.1) is 11.3 Å². The van der Waals surface area contributed by atoms with Gasteiger partial charge in [0.25, 0.3) is 8.38 Å². The van der Waals surface area contributed by atoms with Crippen LogP contribution >= 0.6 is 8.38 Å². The van der Waals surface area contributed by atoms with Gasteiger partial charge in [0.1, 0.15) is 11.5 Å². The quantitative estimate of drug-likeness (QED) is 0.474. The monoisotopic (exact) mass is 361 g/mol. The van der Waals surface area contributed by atoms with Crippen LogP contribution in [-0.2, 0) is 0 Å². The molecule has 0 bridgehead atoms. The first-order valence-electron chi connectivity index (χ1n) is 8.48. The summed E-state index contributed by atoms with van der Waals surface area (Å²) in [4.78, 5) is 0. The van der Waals surface area contributed by atoms with Crippen molar-refractivity contribution < 1.29 is 9.05 Å². The Labute approximate surface area is 155 Å². The topological polar surface area (TPSA) is 42.2 Å². The van der Waals surface area contributed by atoms with Crippen LogP contribution in [0.15, 0.2) is 91.0 Å². The Hall–Kier alpha value is -2.82. The van der Waals surface area contributed by atoms with Crippen LogP contribution < -0.4 is 9.05 Å². The molecule has 0 aliphatic rings. The van der Waals surface area contributed by atoms with Crippen molar-refractivity contribution in [2.24, 2.45) is 0 Å². The molecule has 0 radical (unpaired) electrons. The van der Waals surface area contributed by atoms with E-state index in [1.54, 1.807) is 0 Å². The van der Waals surface area contributed by atoms with Crippen LogP contribution in [0.4, 0.5) is 0 Å². The van der Waals surface area contributed by atoms with E-state index in [4.69, 9.17) is 9.05 Å². The van der Waals surface area contributed by atoms with Gasteiger partial charge in [-0.3, -0.25) is 0 Å². The molecule has 3 aromatic rings. The van der Waals surface area contributed by atoms with Crippen LogP contribution in [-0.4, -0.2) is 5.66 Å². The predicted molar refractivity (Wildman–Crippen MR) is 105 cm³/mol. The summed E-state index contributed by atoms with van der Waals surface area (Å²) in [6, 6.07) is 31.4. The number of nitriles is 1. The number of hydrogen-bond donors (Lipinski definition) is 0. The highest BCUT2D eigenvalue weighted by atomic mass is 31.2. The summed E-state index contributed by atoms with van der Waals surface area (Å²) in [5.41, 5.74) is 0.862. The van der Waals surface area contributed by atoms with Gasteiger partial charge in [0.2, 0.25) is 0 Å². The maximum Gasteiger partial charge on any atom is 0.295 e. The Bertz CT molecular complexity index is 793. The standard InChI is InChI=1S/C22H20NO2P/c1-18(22(17-23)19-11-5-2-6-12-19)26(24-20-13-7-3-8-14-20)25-21-15-9-4-10-16-21/h2-16,18,22H,1H3. The first-order valence-corrected chi connectivity index (χ1v) is 9.72. The first-order chi connectivity index (χ1) is 12.8. The molecular formula is C22H20NO2P. The lowest BCUT2D eigenvalue weighted by Crippen LogP contribution is -2.17. The SMILES string of the molecule is CC(C(C#N)c1ccccc1)P(Oc1ccccc1)Oc1ccccc1. The number of hydrogen-bond acceptors (Lipinski definition) is 3. The fraction of sp³-hybridized carbons (Fsp3) is 0.136. The van der Waals surface area contributed by atoms with Gasteiger partial charge in [0, 0.05) is 0 Å². The van der Waals surface area contributed by atoms with E-state index < -0.39 is 8.38 Å². The second kappa shape index (κ2) is 9.04. The average molecular weight is 361 g/mol. The second-order valence-electron chi connectivity index (χ2n) is 5.85. The zero-order chi connectivity index (χ0) is 18.2. The summed E-state index contributed by atoms with van der Waals surface area (Å²) >= 11 is 0. The molecule has 2 unspecified atom stereocenters. The van der Waals surface area contributed by atoms with Gasteiger partial charge in [-0.25, -0.2) is 0 Å². The molecule has 3 nitrogen and oxygen atoms in total. The second-order valence-corrected chi connectivity index (χ2v) is 7.60. The van der Waals surface area contributed by atoms with E-state index in [0.29, 0.717) is 0 Å². The lowest BCUT2D eigenvalue weighted by atomic mass is 9.98. The molecule has 0 aliphatic carbocycles. The van der Waals surface area contributed by atoms with Crippen molar-refractivity contribution in [3.05, 3.63) is 96.6 Å². The molecule has 3 aromatic carbocycles. The lowest BCUT2D eigenvalue weighted by molar-refractivity contribution is 0.471. The fourth-order valence-electron chi connectivity index (χ4n) is 2.60. The van der Waals surface area contributed by atoms with E-state index in [-0.39, 0.29) is 11.6 Å². The van der Waals surface area contributed by atoms with Gasteiger partial charge < -0.3 is 9.05 Å². The molecule has 4 heteroatoms. The van der Waals surface area contributed by atoms with Gasteiger partial charge in [-0.05, 0) is 29.8 Å². The zero-order valence-electron chi connectivity index (χ0n) is 14.5.